The number of benzene rings is 6. The summed E-state index contributed by atoms with van der Waals surface area (Å²) in [6.07, 6.45) is 8.12. The molecule has 0 spiro atoms. The molecule has 0 saturated carbocycles. The highest BCUT2D eigenvalue weighted by Gasteiger charge is 2.13. The zero-order chi connectivity index (χ0) is 42.2. The van der Waals surface area contributed by atoms with Crippen LogP contribution in [0.25, 0.3) is 60.4 Å². The van der Waals surface area contributed by atoms with Crippen LogP contribution in [0.3, 0.4) is 0 Å². The largest absolute Gasteiger partial charge is 0.491 e. The number of fused-ring (bicyclic) bond motifs is 3. The van der Waals surface area contributed by atoms with Crippen molar-refractivity contribution in [3.63, 3.8) is 0 Å². The highest BCUT2D eigenvalue weighted by Crippen LogP contribution is 2.33. The Morgan fingerprint density at radius 1 is 0.390 bits per heavy atom. The highest BCUT2D eigenvalue weighted by atomic mass is 16.5. The normalized spacial score (nSPS) is 12.6. The minimum Gasteiger partial charge on any atom is -0.491 e. The molecule has 0 aliphatic heterocycles. The van der Waals surface area contributed by atoms with Crippen LogP contribution in [-0.4, -0.2) is 6.10 Å². The number of hydrogen-bond acceptors (Lipinski definition) is 1. The van der Waals surface area contributed by atoms with Gasteiger partial charge in [-0.15, -0.1) is 0 Å². The maximum absolute atomic E-state index is 6.36. The standard InChI is InChI=1S/C58H66O/c1-38(2)12-14-40(5)48-23-28-55-33-49(24-29-54(55)32-48)42(7)16-17-43(8)50-25-30-57-35-51(26-31-56(57)34-50)44(9)18-19-45(10)59-46(11)53-27-21-47-20-22-52(36-58(47)37-53)41(6)15-13-39(3)4/h20-39,43,45H,5-7,9,11-19H2,1-4,8,10H3. The summed E-state index contributed by atoms with van der Waals surface area (Å²) in [5, 5.41) is 7.42. The average molecular weight is 779 g/mol. The Morgan fingerprint density at radius 2 is 0.746 bits per heavy atom. The van der Waals surface area contributed by atoms with Crippen molar-refractivity contribution in [2.24, 2.45) is 11.8 Å². The molecular weight excluding hydrogens is 713 g/mol. The van der Waals surface area contributed by atoms with Crippen LogP contribution >= 0.6 is 0 Å². The first-order valence-corrected chi connectivity index (χ1v) is 21.9. The molecule has 0 aromatic heterocycles. The number of allylic oxidation sites excluding steroid dienone is 4. The molecule has 6 rings (SSSR count). The second-order valence-corrected chi connectivity index (χ2v) is 18.0. The van der Waals surface area contributed by atoms with Crippen LogP contribution < -0.4 is 0 Å². The molecule has 0 bridgehead atoms. The van der Waals surface area contributed by atoms with Gasteiger partial charge in [-0.1, -0.05) is 146 Å². The minimum atomic E-state index is 0.0114. The first-order chi connectivity index (χ1) is 28.2. The van der Waals surface area contributed by atoms with E-state index in [0.29, 0.717) is 23.5 Å². The summed E-state index contributed by atoms with van der Waals surface area (Å²) in [5.74, 6) is 2.48. The first kappa shape index (κ1) is 43.2. The molecule has 0 amide bonds. The van der Waals surface area contributed by atoms with E-state index < -0.39 is 0 Å². The van der Waals surface area contributed by atoms with Crippen molar-refractivity contribution in [1.82, 2.24) is 0 Å². The molecule has 6 aromatic carbocycles. The summed E-state index contributed by atoms with van der Waals surface area (Å²) in [5.41, 5.74) is 12.0. The van der Waals surface area contributed by atoms with Gasteiger partial charge in [-0.3, -0.25) is 0 Å². The molecule has 0 aliphatic rings. The Labute approximate surface area is 355 Å². The average Bonchev–Trinajstić information content (AvgIpc) is 3.24. The van der Waals surface area contributed by atoms with Crippen molar-refractivity contribution in [2.75, 3.05) is 0 Å². The summed E-state index contributed by atoms with van der Waals surface area (Å²) in [7, 11) is 0. The fourth-order valence-corrected chi connectivity index (χ4v) is 7.92. The molecule has 0 heterocycles. The molecule has 6 aromatic rings. The summed E-state index contributed by atoms with van der Waals surface area (Å²) in [6.45, 7) is 35.5. The van der Waals surface area contributed by atoms with E-state index >= 15 is 0 Å². The Hall–Kier alpha value is -5.40. The van der Waals surface area contributed by atoms with Crippen molar-refractivity contribution >= 4 is 60.4 Å². The highest BCUT2D eigenvalue weighted by molar-refractivity contribution is 5.90. The molecule has 1 nitrogen and oxygen atoms in total. The minimum absolute atomic E-state index is 0.0114. The van der Waals surface area contributed by atoms with Gasteiger partial charge in [0, 0.05) is 5.56 Å². The maximum atomic E-state index is 6.36. The topological polar surface area (TPSA) is 9.23 Å². The third-order valence-corrected chi connectivity index (χ3v) is 12.2. The number of ether oxygens (including phenoxy) is 1. The Balaban J connectivity index is 0.994. The van der Waals surface area contributed by atoms with Crippen molar-refractivity contribution in [1.29, 1.82) is 0 Å². The third-order valence-electron chi connectivity index (χ3n) is 12.2. The van der Waals surface area contributed by atoms with E-state index in [1.807, 2.05) is 0 Å². The van der Waals surface area contributed by atoms with Crippen LogP contribution in [-0.2, 0) is 4.74 Å². The molecule has 0 saturated heterocycles. The lowest BCUT2D eigenvalue weighted by atomic mass is 9.90. The molecule has 0 aliphatic carbocycles. The van der Waals surface area contributed by atoms with E-state index in [4.69, 9.17) is 4.74 Å². The maximum Gasteiger partial charge on any atom is 0.119 e. The van der Waals surface area contributed by atoms with Crippen molar-refractivity contribution in [3.05, 3.63) is 175 Å². The van der Waals surface area contributed by atoms with Gasteiger partial charge >= 0.3 is 0 Å². The molecule has 2 atom stereocenters. The SMILES string of the molecule is C=C(CCC(C)C)c1ccc2cc(C(=C)CCC(C)c3ccc4cc(C(=C)CCC(C)OC(=C)c5ccc6ccc(C(=C)CCC(C)C)cc6c5)ccc4c3)ccc2c1. The molecule has 0 N–H and O–H groups in total. The monoisotopic (exact) mass is 779 g/mol. The van der Waals surface area contributed by atoms with Crippen molar-refractivity contribution in [3.8, 4) is 0 Å². The van der Waals surface area contributed by atoms with E-state index in [0.717, 1.165) is 56.1 Å². The van der Waals surface area contributed by atoms with Crippen LogP contribution in [0.15, 0.2) is 142 Å². The number of rotatable bonds is 20. The van der Waals surface area contributed by atoms with E-state index in [-0.39, 0.29) is 6.10 Å². The fourth-order valence-electron chi connectivity index (χ4n) is 7.92. The summed E-state index contributed by atoms with van der Waals surface area (Å²) in [4.78, 5) is 0. The van der Waals surface area contributed by atoms with Gasteiger partial charge in [0.25, 0.3) is 0 Å². The van der Waals surface area contributed by atoms with Gasteiger partial charge in [-0.05, 0) is 189 Å². The summed E-state index contributed by atoms with van der Waals surface area (Å²) >= 11 is 0. The Morgan fingerprint density at radius 3 is 1.22 bits per heavy atom. The van der Waals surface area contributed by atoms with Gasteiger partial charge in [0.15, 0.2) is 0 Å². The second-order valence-electron chi connectivity index (χ2n) is 18.0. The molecule has 2 unspecified atom stereocenters. The van der Waals surface area contributed by atoms with E-state index in [9.17, 15) is 0 Å². The summed E-state index contributed by atoms with van der Waals surface area (Å²) in [6, 6.07) is 40.3. The van der Waals surface area contributed by atoms with Gasteiger partial charge < -0.3 is 4.74 Å². The van der Waals surface area contributed by atoms with Crippen molar-refractivity contribution in [2.45, 2.75) is 105 Å². The molecule has 0 fully saturated rings. The predicted molar refractivity (Wildman–Crippen MR) is 263 cm³/mol. The van der Waals surface area contributed by atoms with Crippen molar-refractivity contribution < 1.29 is 4.74 Å². The van der Waals surface area contributed by atoms with Crippen LogP contribution in [0, 0.1) is 11.8 Å². The van der Waals surface area contributed by atoms with Crippen LogP contribution in [0.2, 0.25) is 0 Å². The van der Waals surface area contributed by atoms with Crippen LogP contribution in [0.1, 0.15) is 132 Å². The van der Waals surface area contributed by atoms with Crippen LogP contribution in [0.5, 0.6) is 0 Å². The molecule has 0 radical (unpaired) electrons. The van der Waals surface area contributed by atoms with Gasteiger partial charge in [0.1, 0.15) is 5.76 Å². The summed E-state index contributed by atoms with van der Waals surface area (Å²) < 4.78 is 6.36. The van der Waals surface area contributed by atoms with Crippen LogP contribution in [0.4, 0.5) is 0 Å². The lowest BCUT2D eigenvalue weighted by molar-refractivity contribution is 0.178. The van der Waals surface area contributed by atoms with Gasteiger partial charge in [-0.25, -0.2) is 0 Å². The zero-order valence-corrected chi connectivity index (χ0v) is 36.8. The van der Waals surface area contributed by atoms with E-state index in [1.165, 1.54) is 83.3 Å². The Kier molecular flexibility index (Phi) is 14.3. The van der Waals surface area contributed by atoms with Gasteiger partial charge in [0.2, 0.25) is 0 Å². The zero-order valence-electron chi connectivity index (χ0n) is 36.8. The molecule has 304 valence electrons. The van der Waals surface area contributed by atoms with E-state index in [1.54, 1.807) is 0 Å². The molecular formula is C58H66O. The predicted octanol–water partition coefficient (Wildman–Crippen LogP) is 17.5. The quantitative estimate of drug-likeness (QED) is 0.0702. The van der Waals surface area contributed by atoms with Gasteiger partial charge in [-0.2, -0.15) is 0 Å². The number of hydrogen-bond donors (Lipinski definition) is 0. The first-order valence-electron chi connectivity index (χ1n) is 21.9. The Bertz CT molecular complexity index is 2500. The lowest BCUT2D eigenvalue weighted by Gasteiger charge is -2.18. The fraction of sp³-hybridized carbons (Fsp3) is 0.310. The molecule has 59 heavy (non-hydrogen) atoms. The molecule has 1 heteroatoms. The third kappa shape index (κ3) is 11.4. The van der Waals surface area contributed by atoms with Gasteiger partial charge in [0.05, 0.1) is 6.10 Å². The smallest absolute Gasteiger partial charge is 0.119 e. The second kappa shape index (κ2) is 19.6. The lowest BCUT2D eigenvalue weighted by Crippen LogP contribution is -2.07. The van der Waals surface area contributed by atoms with E-state index in [2.05, 4.69) is 184 Å².